The molecule has 0 aliphatic rings. The maximum Gasteiger partial charge on any atom is 0.223 e. The zero-order valence-electron chi connectivity index (χ0n) is 13.4. The van der Waals surface area contributed by atoms with Gasteiger partial charge in [-0.05, 0) is 44.7 Å². The minimum Gasteiger partial charge on any atom is -0.286 e. The van der Waals surface area contributed by atoms with E-state index in [9.17, 15) is 4.79 Å². The van der Waals surface area contributed by atoms with Crippen LogP contribution in [-0.4, -0.2) is 9.78 Å². The average molecular weight is 282 g/mol. The smallest absolute Gasteiger partial charge is 0.223 e. The molecule has 0 bridgehead atoms. The van der Waals surface area contributed by atoms with Crippen molar-refractivity contribution >= 4 is 10.9 Å². The number of fused-ring (bicyclic) bond motifs is 1. The predicted octanol–water partition coefficient (Wildman–Crippen LogP) is 3.45. The third-order valence-electron chi connectivity index (χ3n) is 2.96. The summed E-state index contributed by atoms with van der Waals surface area (Å²) < 4.78 is 1.90. The zero-order valence-corrected chi connectivity index (χ0v) is 13.4. The van der Waals surface area contributed by atoms with Gasteiger partial charge in [-0.1, -0.05) is 31.9 Å². The first-order valence-electron chi connectivity index (χ1n) is 7.31. The Morgan fingerprint density at radius 1 is 1.24 bits per heavy atom. The van der Waals surface area contributed by atoms with Crippen LogP contribution in [0.15, 0.2) is 29.1 Å². The third-order valence-corrected chi connectivity index (χ3v) is 2.96. The molecule has 3 heteroatoms. The molecule has 0 saturated heterocycles. The number of rotatable bonds is 2. The highest BCUT2D eigenvalue weighted by Gasteiger charge is 2.11. The second kappa shape index (κ2) is 5.73. The van der Waals surface area contributed by atoms with Crippen LogP contribution >= 0.6 is 0 Å². The molecule has 2 aromatic rings. The number of para-hydroxylation sites is 1. The van der Waals surface area contributed by atoms with Gasteiger partial charge in [0.25, 0.3) is 0 Å². The Bertz CT molecular complexity index is 768. The van der Waals surface area contributed by atoms with Crippen molar-refractivity contribution in [2.75, 3.05) is 0 Å². The minimum absolute atomic E-state index is 0.0812. The lowest BCUT2D eigenvalue weighted by Gasteiger charge is -2.12. The first-order chi connectivity index (χ1) is 9.78. The maximum atomic E-state index is 12.5. The van der Waals surface area contributed by atoms with E-state index in [2.05, 4.69) is 30.8 Å². The van der Waals surface area contributed by atoms with Crippen LogP contribution in [-0.2, 0) is 6.54 Å². The maximum absolute atomic E-state index is 12.5. The Morgan fingerprint density at radius 2 is 1.90 bits per heavy atom. The molecule has 0 aliphatic carbocycles. The molecule has 2 rings (SSSR count). The van der Waals surface area contributed by atoms with Crippen LogP contribution in [0.1, 0.15) is 40.3 Å². The van der Waals surface area contributed by atoms with Crippen LogP contribution in [0.2, 0.25) is 0 Å². The molecule has 0 amide bonds. The Balaban J connectivity index is 2.69. The summed E-state index contributed by atoms with van der Waals surface area (Å²) in [7, 11) is 0. The summed E-state index contributed by atoms with van der Waals surface area (Å²) in [5.41, 5.74) is 0.979. The molecule has 0 atom stereocenters. The van der Waals surface area contributed by atoms with Crippen LogP contribution < -0.4 is 5.43 Å². The molecule has 110 valence electrons. The molecular formula is C18H22N2O. The summed E-state index contributed by atoms with van der Waals surface area (Å²) in [5.74, 6) is 6.51. The molecule has 0 spiro atoms. The van der Waals surface area contributed by atoms with E-state index in [4.69, 9.17) is 0 Å². The summed E-state index contributed by atoms with van der Waals surface area (Å²) in [6.07, 6.45) is 0. The fourth-order valence-corrected chi connectivity index (χ4v) is 2.05. The first kappa shape index (κ1) is 15.3. The third kappa shape index (κ3) is 3.72. The summed E-state index contributed by atoms with van der Waals surface area (Å²) in [6.45, 7) is 11.1. The second-order valence-corrected chi connectivity index (χ2v) is 6.77. The van der Waals surface area contributed by atoms with Gasteiger partial charge in [0, 0.05) is 12.0 Å². The van der Waals surface area contributed by atoms with Gasteiger partial charge in [0.05, 0.1) is 10.9 Å². The summed E-state index contributed by atoms with van der Waals surface area (Å²) in [6, 6.07) is 7.59. The second-order valence-electron chi connectivity index (χ2n) is 6.77. The molecule has 1 aromatic carbocycles. The van der Waals surface area contributed by atoms with Crippen molar-refractivity contribution in [3.8, 4) is 11.8 Å². The van der Waals surface area contributed by atoms with Gasteiger partial charge in [0.15, 0.2) is 5.69 Å². The predicted molar refractivity (Wildman–Crippen MR) is 87.2 cm³/mol. The van der Waals surface area contributed by atoms with E-state index in [0.717, 1.165) is 12.1 Å². The van der Waals surface area contributed by atoms with Crippen molar-refractivity contribution < 1.29 is 0 Å². The number of hydrogen-bond acceptors (Lipinski definition) is 2. The molecule has 0 saturated carbocycles. The molecule has 3 nitrogen and oxygen atoms in total. The zero-order chi connectivity index (χ0) is 15.6. The average Bonchev–Trinajstić information content (AvgIpc) is 2.39. The van der Waals surface area contributed by atoms with E-state index in [1.54, 1.807) is 0 Å². The van der Waals surface area contributed by atoms with Crippen LogP contribution in [0, 0.1) is 23.2 Å². The van der Waals surface area contributed by atoms with Gasteiger partial charge >= 0.3 is 0 Å². The molecule has 0 unspecified atom stereocenters. The molecule has 0 fully saturated rings. The molecule has 0 aliphatic heterocycles. The highest BCUT2D eigenvalue weighted by molar-refractivity contribution is 5.79. The van der Waals surface area contributed by atoms with Gasteiger partial charge in [0.2, 0.25) is 5.43 Å². The minimum atomic E-state index is -0.150. The van der Waals surface area contributed by atoms with Gasteiger partial charge in [0.1, 0.15) is 0 Å². The van der Waals surface area contributed by atoms with E-state index in [1.165, 1.54) is 0 Å². The lowest BCUT2D eigenvalue weighted by molar-refractivity contribution is 0.488. The van der Waals surface area contributed by atoms with Gasteiger partial charge in [-0.15, -0.1) is 0 Å². The number of hydrogen-bond donors (Lipinski definition) is 0. The fraction of sp³-hybridized carbons (Fsp3) is 0.444. The molecule has 0 N–H and O–H groups in total. The highest BCUT2D eigenvalue weighted by atomic mass is 16.1. The lowest BCUT2D eigenvalue weighted by Crippen LogP contribution is -2.19. The normalized spacial score (nSPS) is 11.5. The van der Waals surface area contributed by atoms with Gasteiger partial charge in [-0.2, -0.15) is 5.10 Å². The summed E-state index contributed by atoms with van der Waals surface area (Å²) >= 11 is 0. The van der Waals surface area contributed by atoms with Crippen molar-refractivity contribution in [3.05, 3.63) is 40.2 Å². The Kier molecular flexibility index (Phi) is 4.18. The van der Waals surface area contributed by atoms with Gasteiger partial charge < -0.3 is 0 Å². The first-order valence-corrected chi connectivity index (χ1v) is 7.31. The molecule has 0 radical (unpaired) electrons. The van der Waals surface area contributed by atoms with Crippen LogP contribution in [0.5, 0.6) is 0 Å². The van der Waals surface area contributed by atoms with Crippen molar-refractivity contribution in [2.24, 2.45) is 11.3 Å². The lowest BCUT2D eigenvalue weighted by atomic mass is 9.98. The monoisotopic (exact) mass is 282 g/mol. The van der Waals surface area contributed by atoms with E-state index >= 15 is 0 Å². The Labute approximate surface area is 126 Å². The van der Waals surface area contributed by atoms with Crippen molar-refractivity contribution in [2.45, 2.75) is 41.2 Å². The number of aromatic nitrogens is 2. The topological polar surface area (TPSA) is 34.9 Å². The standard InChI is InChI=1S/C18H22N2O/c1-13(2)12-20-16-9-7-6-8-14(16)17(21)15(19-20)10-11-18(3,4)5/h6-9,13H,12H2,1-5H3. The highest BCUT2D eigenvalue weighted by Crippen LogP contribution is 2.13. The fourth-order valence-electron chi connectivity index (χ4n) is 2.05. The molecule has 1 heterocycles. The van der Waals surface area contributed by atoms with E-state index in [-0.39, 0.29) is 10.8 Å². The summed E-state index contributed by atoms with van der Waals surface area (Å²) in [4.78, 5) is 12.5. The van der Waals surface area contributed by atoms with Crippen LogP contribution in [0.3, 0.4) is 0 Å². The van der Waals surface area contributed by atoms with Crippen molar-refractivity contribution in [1.29, 1.82) is 0 Å². The largest absolute Gasteiger partial charge is 0.286 e. The molecule has 21 heavy (non-hydrogen) atoms. The number of benzene rings is 1. The van der Waals surface area contributed by atoms with E-state index in [1.807, 2.05) is 49.7 Å². The van der Waals surface area contributed by atoms with E-state index < -0.39 is 0 Å². The van der Waals surface area contributed by atoms with E-state index in [0.29, 0.717) is 17.0 Å². The van der Waals surface area contributed by atoms with Gasteiger partial charge in [-0.3, -0.25) is 9.48 Å². The van der Waals surface area contributed by atoms with Gasteiger partial charge in [-0.25, -0.2) is 0 Å². The summed E-state index contributed by atoms with van der Waals surface area (Å²) in [5, 5.41) is 5.16. The van der Waals surface area contributed by atoms with Crippen molar-refractivity contribution in [3.63, 3.8) is 0 Å². The van der Waals surface area contributed by atoms with Crippen LogP contribution in [0.4, 0.5) is 0 Å². The SMILES string of the molecule is CC(C)Cn1nc(C#CC(C)(C)C)c(=O)c2ccccc21. The van der Waals surface area contributed by atoms with Crippen LogP contribution in [0.25, 0.3) is 10.9 Å². The molecular weight excluding hydrogens is 260 g/mol. The quantitative estimate of drug-likeness (QED) is 0.791. The van der Waals surface area contributed by atoms with Crippen molar-refractivity contribution in [1.82, 2.24) is 9.78 Å². The number of nitrogens with zero attached hydrogens (tertiary/aromatic N) is 2. The Hall–Kier alpha value is -2.08. The molecule has 1 aromatic heterocycles. The Morgan fingerprint density at radius 3 is 2.52 bits per heavy atom.